The van der Waals surface area contributed by atoms with E-state index in [1.807, 2.05) is 25.1 Å². The molecule has 0 saturated heterocycles. The fraction of sp³-hybridized carbons (Fsp3) is 0.333. The predicted molar refractivity (Wildman–Crippen MR) is 63.0 cm³/mol. The van der Waals surface area contributed by atoms with Crippen molar-refractivity contribution in [1.29, 1.82) is 5.41 Å². The van der Waals surface area contributed by atoms with Crippen LogP contribution in [0.5, 0.6) is 5.75 Å². The molecule has 0 spiro atoms. The zero-order valence-corrected chi connectivity index (χ0v) is 9.54. The van der Waals surface area contributed by atoms with Crippen LogP contribution in [0.25, 0.3) is 0 Å². The molecule has 4 nitrogen and oxygen atoms in total. The average Bonchev–Trinajstić information content (AvgIpc) is 2.16. The van der Waals surface area contributed by atoms with E-state index < -0.39 is 0 Å². The Morgan fingerprint density at radius 3 is 2.75 bits per heavy atom. The zero-order chi connectivity index (χ0) is 12.1. The van der Waals surface area contributed by atoms with Crippen molar-refractivity contribution >= 4 is 11.6 Å². The van der Waals surface area contributed by atoms with Gasteiger partial charge in [0.2, 0.25) is 5.91 Å². The summed E-state index contributed by atoms with van der Waals surface area (Å²) >= 11 is 0. The highest BCUT2D eigenvalue weighted by Crippen LogP contribution is 2.25. The Kier molecular flexibility index (Phi) is 4.05. The van der Waals surface area contributed by atoms with Crippen molar-refractivity contribution in [2.45, 2.75) is 20.3 Å². The smallest absolute Gasteiger partial charge is 0.214 e. The minimum Gasteiger partial charge on any atom is -0.492 e. The van der Waals surface area contributed by atoms with E-state index in [2.05, 4.69) is 5.73 Å². The molecule has 0 saturated carbocycles. The van der Waals surface area contributed by atoms with E-state index in [0.717, 1.165) is 17.7 Å². The van der Waals surface area contributed by atoms with Crippen LogP contribution >= 0.6 is 0 Å². The van der Waals surface area contributed by atoms with Crippen LogP contribution in [0.3, 0.4) is 0 Å². The number of nitrogens with one attached hydrogen (secondary N) is 1. The van der Waals surface area contributed by atoms with Gasteiger partial charge in [-0.2, -0.15) is 0 Å². The number of primary amides is 1. The van der Waals surface area contributed by atoms with Crippen molar-refractivity contribution in [2.24, 2.45) is 5.73 Å². The first-order valence-corrected chi connectivity index (χ1v) is 5.08. The Bertz CT molecular complexity index is 409. The maximum absolute atomic E-state index is 9.22. The van der Waals surface area contributed by atoms with Gasteiger partial charge in [-0.1, -0.05) is 6.07 Å². The van der Waals surface area contributed by atoms with Crippen molar-refractivity contribution in [3.05, 3.63) is 29.3 Å². The van der Waals surface area contributed by atoms with Crippen molar-refractivity contribution < 1.29 is 9.53 Å². The van der Waals surface area contributed by atoms with Gasteiger partial charge in [-0.3, -0.25) is 4.79 Å². The molecule has 1 amide bonds. The molecule has 0 fully saturated rings. The molecule has 1 heterocycles. The second kappa shape index (κ2) is 5.30. The van der Waals surface area contributed by atoms with Crippen molar-refractivity contribution in [1.82, 2.24) is 0 Å². The molecule has 1 aromatic rings. The number of nitrogens with two attached hydrogens (primary N) is 1. The maximum Gasteiger partial charge on any atom is 0.214 e. The summed E-state index contributed by atoms with van der Waals surface area (Å²) in [4.78, 5) is 9.22. The van der Waals surface area contributed by atoms with E-state index in [1.54, 1.807) is 0 Å². The Morgan fingerprint density at radius 2 is 2.12 bits per heavy atom. The highest BCUT2D eigenvalue weighted by atomic mass is 16.5. The first-order chi connectivity index (χ1) is 7.50. The third-order valence-corrected chi connectivity index (χ3v) is 2.07. The first-order valence-electron chi connectivity index (χ1n) is 5.08. The molecule has 0 atom stereocenters. The Balaban J connectivity index is 0.000000280. The lowest BCUT2D eigenvalue weighted by molar-refractivity contribution is -0.115. The second-order valence-corrected chi connectivity index (χ2v) is 3.69. The minimum atomic E-state index is -0.333. The first kappa shape index (κ1) is 12.2. The third-order valence-electron chi connectivity index (χ3n) is 2.07. The molecule has 0 radical (unpaired) electrons. The molecule has 0 aliphatic carbocycles. The third kappa shape index (κ3) is 3.38. The van der Waals surface area contributed by atoms with Crippen LogP contribution in [-0.4, -0.2) is 18.2 Å². The normalized spacial score (nSPS) is 13.0. The fourth-order valence-corrected chi connectivity index (χ4v) is 1.40. The van der Waals surface area contributed by atoms with Gasteiger partial charge in [-0.25, -0.2) is 0 Å². The van der Waals surface area contributed by atoms with Gasteiger partial charge < -0.3 is 15.9 Å². The molecule has 0 unspecified atom stereocenters. The van der Waals surface area contributed by atoms with E-state index in [1.165, 1.54) is 12.5 Å². The van der Waals surface area contributed by atoms with Crippen molar-refractivity contribution in [2.75, 3.05) is 6.61 Å². The number of fused-ring (bicyclic) bond motifs is 1. The number of carbonyl (C=O) groups is 1. The number of aryl methyl sites for hydroxylation is 1. The molecular formula is C12H16N2O2. The molecule has 1 aromatic carbocycles. The summed E-state index contributed by atoms with van der Waals surface area (Å²) < 4.78 is 5.43. The Hall–Kier alpha value is -1.84. The molecule has 1 aliphatic rings. The molecule has 16 heavy (non-hydrogen) atoms. The number of rotatable bonds is 0. The molecule has 0 aromatic heterocycles. The molecule has 3 N–H and O–H groups in total. The average molecular weight is 220 g/mol. The lowest BCUT2D eigenvalue weighted by Crippen LogP contribution is -2.15. The van der Waals surface area contributed by atoms with E-state index in [4.69, 9.17) is 10.1 Å². The molecule has 86 valence electrons. The number of hydrogen-bond donors (Lipinski definition) is 2. The van der Waals surface area contributed by atoms with Gasteiger partial charge >= 0.3 is 0 Å². The van der Waals surface area contributed by atoms with E-state index in [9.17, 15) is 4.79 Å². The van der Waals surface area contributed by atoms with Crippen molar-refractivity contribution in [3.8, 4) is 5.75 Å². The summed E-state index contributed by atoms with van der Waals surface area (Å²) in [5.74, 6) is 0.534. The summed E-state index contributed by atoms with van der Waals surface area (Å²) in [5, 5.41) is 7.66. The highest BCUT2D eigenvalue weighted by molar-refractivity contribution is 6.01. The number of benzene rings is 1. The van der Waals surface area contributed by atoms with Gasteiger partial charge in [0.25, 0.3) is 0 Å². The van der Waals surface area contributed by atoms with Gasteiger partial charge in [0.05, 0.1) is 6.61 Å². The van der Waals surface area contributed by atoms with Gasteiger partial charge in [0.1, 0.15) is 5.75 Å². The van der Waals surface area contributed by atoms with Crippen LogP contribution in [0.4, 0.5) is 0 Å². The minimum absolute atomic E-state index is 0.333. The van der Waals surface area contributed by atoms with Crippen LogP contribution in [-0.2, 0) is 4.79 Å². The number of carbonyl (C=O) groups excluding carboxylic acids is 1. The second-order valence-electron chi connectivity index (χ2n) is 3.69. The van der Waals surface area contributed by atoms with E-state index in [0.29, 0.717) is 12.3 Å². The van der Waals surface area contributed by atoms with Crippen LogP contribution in [0.1, 0.15) is 24.5 Å². The van der Waals surface area contributed by atoms with Gasteiger partial charge in [-0.15, -0.1) is 0 Å². The van der Waals surface area contributed by atoms with Crippen LogP contribution in [0.2, 0.25) is 0 Å². The van der Waals surface area contributed by atoms with Gasteiger partial charge in [0, 0.05) is 24.6 Å². The lowest BCUT2D eigenvalue weighted by atomic mass is 10.0. The highest BCUT2D eigenvalue weighted by Gasteiger charge is 2.14. The summed E-state index contributed by atoms with van der Waals surface area (Å²) in [7, 11) is 0. The standard InChI is InChI=1S/C10H11NO.C2H5NO/c1-7-2-3-8-9(11)4-5-12-10(8)6-7;1-2(3)4/h2-3,6,11H,4-5H2,1H3;1H3,(H2,3,4). The number of hydrogen-bond acceptors (Lipinski definition) is 3. The van der Waals surface area contributed by atoms with E-state index >= 15 is 0 Å². The monoisotopic (exact) mass is 220 g/mol. The fourth-order valence-electron chi connectivity index (χ4n) is 1.40. The predicted octanol–water partition coefficient (Wildman–Crippen LogP) is 1.64. The van der Waals surface area contributed by atoms with Gasteiger partial charge in [0.15, 0.2) is 0 Å². The number of amides is 1. The maximum atomic E-state index is 9.22. The lowest BCUT2D eigenvalue weighted by Gasteiger charge is -2.18. The SMILES string of the molecule is CC(N)=O.Cc1ccc2c(c1)OCCC2=N. The summed E-state index contributed by atoms with van der Waals surface area (Å²) in [6, 6.07) is 5.97. The zero-order valence-electron chi connectivity index (χ0n) is 9.54. The Labute approximate surface area is 94.9 Å². The van der Waals surface area contributed by atoms with Gasteiger partial charge in [-0.05, 0) is 24.6 Å². The molecule has 2 rings (SSSR count). The van der Waals surface area contributed by atoms with Crippen LogP contribution in [0.15, 0.2) is 18.2 Å². The summed E-state index contributed by atoms with van der Waals surface area (Å²) in [6.45, 7) is 3.98. The molecule has 4 heteroatoms. The summed E-state index contributed by atoms with van der Waals surface area (Å²) in [6.07, 6.45) is 0.732. The van der Waals surface area contributed by atoms with Crippen LogP contribution in [0, 0.1) is 12.3 Å². The Morgan fingerprint density at radius 1 is 1.50 bits per heavy atom. The topological polar surface area (TPSA) is 76.2 Å². The largest absolute Gasteiger partial charge is 0.492 e. The molecule has 0 bridgehead atoms. The van der Waals surface area contributed by atoms with E-state index in [-0.39, 0.29) is 5.91 Å². The molecular weight excluding hydrogens is 204 g/mol. The number of ether oxygens (including phenoxy) is 1. The molecule has 1 aliphatic heterocycles. The van der Waals surface area contributed by atoms with Crippen LogP contribution < -0.4 is 10.5 Å². The summed E-state index contributed by atoms with van der Waals surface area (Å²) in [5.41, 5.74) is 7.30. The quantitative estimate of drug-likeness (QED) is 0.697. The van der Waals surface area contributed by atoms with Crippen molar-refractivity contribution in [3.63, 3.8) is 0 Å².